The van der Waals surface area contributed by atoms with Gasteiger partial charge in [0, 0.05) is 12.8 Å². The second-order valence-corrected chi connectivity index (χ2v) is 7.41. The number of β-lactam (4-membered cyclic amide) rings is 1. The first-order valence-electron chi connectivity index (χ1n) is 7.43. The van der Waals surface area contributed by atoms with Crippen molar-refractivity contribution < 1.29 is 32.7 Å². The molecule has 2 aliphatic rings. The molecule has 1 fully saturated rings. The molecule has 0 radical (unpaired) electrons. The fourth-order valence-corrected chi connectivity index (χ4v) is 4.58. The fourth-order valence-electron chi connectivity index (χ4n) is 2.94. The molecule has 146 valence electrons. The standard InChI is InChI=1S/C14H12ClF3N4O4S/c1-4-3-27-12-7(11(24)22(12)8(4)13(25)26)19-10(23)6-5(15)9(14(16,17)18)21(2)20-6/h7,12H,3H2,1-2H3,(H,19,23)(H,25,26). The molecule has 27 heavy (non-hydrogen) atoms. The third-order valence-electron chi connectivity index (χ3n) is 4.12. The van der Waals surface area contributed by atoms with Gasteiger partial charge >= 0.3 is 12.1 Å². The minimum Gasteiger partial charge on any atom is -0.477 e. The van der Waals surface area contributed by atoms with Crippen molar-refractivity contribution >= 4 is 41.1 Å². The molecule has 1 aromatic heterocycles. The van der Waals surface area contributed by atoms with E-state index < -0.39 is 51.8 Å². The number of aryl methyl sites for hydroxylation is 1. The maximum atomic E-state index is 13.0. The maximum absolute atomic E-state index is 13.0. The quantitative estimate of drug-likeness (QED) is 0.712. The zero-order chi connectivity index (χ0) is 20.3. The lowest BCUT2D eigenvalue weighted by Gasteiger charge is -2.49. The van der Waals surface area contributed by atoms with Gasteiger partial charge in [0.25, 0.3) is 11.8 Å². The summed E-state index contributed by atoms with van der Waals surface area (Å²) >= 11 is 6.90. The highest BCUT2D eigenvalue weighted by atomic mass is 35.5. The number of halogens is 4. The fraction of sp³-hybridized carbons (Fsp3) is 0.429. The number of nitrogens with one attached hydrogen (secondary N) is 1. The number of aliphatic carboxylic acids is 1. The van der Waals surface area contributed by atoms with Crippen LogP contribution in [0.1, 0.15) is 23.1 Å². The van der Waals surface area contributed by atoms with E-state index in [2.05, 4.69) is 10.4 Å². The van der Waals surface area contributed by atoms with Crippen LogP contribution in [0.4, 0.5) is 13.2 Å². The Hall–Kier alpha value is -2.21. The van der Waals surface area contributed by atoms with E-state index in [0.717, 1.165) is 11.9 Å². The van der Waals surface area contributed by atoms with Gasteiger partial charge in [-0.05, 0) is 12.5 Å². The highest BCUT2D eigenvalue weighted by Crippen LogP contribution is 2.40. The summed E-state index contributed by atoms with van der Waals surface area (Å²) in [4.78, 5) is 37.0. The van der Waals surface area contributed by atoms with E-state index in [4.69, 9.17) is 11.6 Å². The molecule has 3 heterocycles. The van der Waals surface area contributed by atoms with Gasteiger partial charge in [-0.1, -0.05) is 11.6 Å². The first kappa shape index (κ1) is 19.5. The van der Waals surface area contributed by atoms with Crippen molar-refractivity contribution in [3.63, 3.8) is 0 Å². The molecule has 1 saturated heterocycles. The minimum atomic E-state index is -4.81. The summed E-state index contributed by atoms with van der Waals surface area (Å²) in [5, 5.41) is 13.5. The van der Waals surface area contributed by atoms with Crippen LogP contribution in [0.15, 0.2) is 11.3 Å². The van der Waals surface area contributed by atoms with Gasteiger partial charge in [-0.15, -0.1) is 11.8 Å². The van der Waals surface area contributed by atoms with Crippen molar-refractivity contribution in [2.75, 3.05) is 5.75 Å². The van der Waals surface area contributed by atoms with Crippen molar-refractivity contribution in [2.24, 2.45) is 7.05 Å². The van der Waals surface area contributed by atoms with E-state index in [1.54, 1.807) is 6.92 Å². The third-order valence-corrected chi connectivity index (χ3v) is 5.90. The van der Waals surface area contributed by atoms with Crippen LogP contribution in [0.5, 0.6) is 0 Å². The summed E-state index contributed by atoms with van der Waals surface area (Å²) < 4.78 is 39.3. The molecule has 0 aromatic carbocycles. The molecule has 2 N–H and O–H groups in total. The maximum Gasteiger partial charge on any atom is 0.434 e. The molecule has 2 atom stereocenters. The van der Waals surface area contributed by atoms with Crippen molar-refractivity contribution in [1.29, 1.82) is 0 Å². The Morgan fingerprint density at radius 2 is 2.04 bits per heavy atom. The molecule has 0 saturated carbocycles. The smallest absolute Gasteiger partial charge is 0.434 e. The molecular weight excluding hydrogens is 413 g/mol. The van der Waals surface area contributed by atoms with Crippen LogP contribution >= 0.6 is 23.4 Å². The highest BCUT2D eigenvalue weighted by Gasteiger charge is 2.54. The number of hydrogen-bond acceptors (Lipinski definition) is 5. The van der Waals surface area contributed by atoms with Crippen molar-refractivity contribution in [3.8, 4) is 0 Å². The lowest BCUT2D eigenvalue weighted by molar-refractivity contribution is -0.148. The molecular formula is C14H12ClF3N4O4S. The molecule has 2 amide bonds. The summed E-state index contributed by atoms with van der Waals surface area (Å²) in [7, 11) is 0.991. The number of carboxylic acid groups (broad SMARTS) is 1. The van der Waals surface area contributed by atoms with E-state index >= 15 is 0 Å². The number of alkyl halides is 3. The molecule has 0 bridgehead atoms. The van der Waals surface area contributed by atoms with Gasteiger partial charge in [-0.2, -0.15) is 18.3 Å². The Kier molecular flexibility index (Phi) is 4.67. The van der Waals surface area contributed by atoms with Gasteiger partial charge in [0.15, 0.2) is 11.4 Å². The number of fused-ring (bicyclic) bond motifs is 1. The Morgan fingerprint density at radius 3 is 2.56 bits per heavy atom. The number of carbonyl (C=O) groups is 3. The van der Waals surface area contributed by atoms with Crippen molar-refractivity contribution in [3.05, 3.63) is 27.7 Å². The van der Waals surface area contributed by atoms with Crippen LogP contribution < -0.4 is 5.32 Å². The first-order chi connectivity index (χ1) is 12.4. The van der Waals surface area contributed by atoms with E-state index in [0.29, 0.717) is 16.0 Å². The number of carboxylic acids is 1. The summed E-state index contributed by atoms with van der Waals surface area (Å²) in [5.74, 6) is -2.64. The number of thioether (sulfide) groups is 1. The Morgan fingerprint density at radius 1 is 1.41 bits per heavy atom. The molecule has 2 unspecified atom stereocenters. The average Bonchev–Trinajstić information content (AvgIpc) is 2.86. The van der Waals surface area contributed by atoms with Crippen LogP contribution in [0.25, 0.3) is 0 Å². The molecule has 8 nitrogen and oxygen atoms in total. The van der Waals surface area contributed by atoms with Gasteiger partial charge in [0.05, 0.1) is 0 Å². The van der Waals surface area contributed by atoms with Gasteiger partial charge in [0.1, 0.15) is 22.1 Å². The Bertz CT molecular complexity index is 898. The van der Waals surface area contributed by atoms with Crippen LogP contribution in [-0.4, -0.2) is 54.7 Å². The number of nitrogens with zero attached hydrogens (tertiary/aromatic N) is 3. The lowest BCUT2D eigenvalue weighted by Crippen LogP contribution is -2.70. The van der Waals surface area contributed by atoms with E-state index in [9.17, 15) is 32.7 Å². The topological polar surface area (TPSA) is 105 Å². The van der Waals surface area contributed by atoms with Crippen LogP contribution in [0.3, 0.4) is 0 Å². The SMILES string of the molecule is CC1=C(C(=O)O)N2C(=O)C(NC(=O)c3nn(C)c(C(F)(F)F)c3Cl)C2SC1. The zero-order valence-corrected chi connectivity index (χ0v) is 15.4. The molecule has 3 rings (SSSR count). The number of aromatic nitrogens is 2. The van der Waals surface area contributed by atoms with Crippen molar-refractivity contribution in [1.82, 2.24) is 20.0 Å². The summed E-state index contributed by atoms with van der Waals surface area (Å²) in [5.41, 5.74) is -1.59. The average molecular weight is 425 g/mol. The monoisotopic (exact) mass is 424 g/mol. The number of amides is 2. The predicted octanol–water partition coefficient (Wildman–Crippen LogP) is 1.46. The Balaban J connectivity index is 1.82. The second-order valence-electron chi connectivity index (χ2n) is 5.93. The first-order valence-corrected chi connectivity index (χ1v) is 8.86. The lowest BCUT2D eigenvalue weighted by atomic mass is 10.0. The number of carbonyl (C=O) groups excluding carboxylic acids is 2. The third kappa shape index (κ3) is 3.06. The van der Waals surface area contributed by atoms with Crippen LogP contribution in [0.2, 0.25) is 5.02 Å². The second kappa shape index (κ2) is 6.44. The summed E-state index contributed by atoms with van der Waals surface area (Å²) in [6.07, 6.45) is -4.81. The summed E-state index contributed by atoms with van der Waals surface area (Å²) in [6.45, 7) is 1.58. The predicted molar refractivity (Wildman–Crippen MR) is 87.9 cm³/mol. The molecule has 0 aliphatic carbocycles. The molecule has 2 aliphatic heterocycles. The van der Waals surface area contributed by atoms with Crippen LogP contribution in [0, 0.1) is 0 Å². The number of hydrogen-bond donors (Lipinski definition) is 2. The van der Waals surface area contributed by atoms with E-state index in [1.807, 2.05) is 0 Å². The normalized spacial score (nSPS) is 22.4. The van der Waals surface area contributed by atoms with Gasteiger partial charge in [-0.3, -0.25) is 19.2 Å². The molecule has 0 spiro atoms. The highest BCUT2D eigenvalue weighted by molar-refractivity contribution is 8.00. The molecule has 1 aromatic rings. The van der Waals surface area contributed by atoms with Crippen LogP contribution in [-0.2, 0) is 22.8 Å². The largest absolute Gasteiger partial charge is 0.477 e. The molecule has 13 heteroatoms. The van der Waals surface area contributed by atoms with Gasteiger partial charge in [0.2, 0.25) is 0 Å². The van der Waals surface area contributed by atoms with Gasteiger partial charge in [-0.25, -0.2) is 4.79 Å². The van der Waals surface area contributed by atoms with E-state index in [1.165, 1.54) is 11.8 Å². The van der Waals surface area contributed by atoms with E-state index in [-0.39, 0.29) is 5.70 Å². The number of rotatable bonds is 3. The zero-order valence-electron chi connectivity index (χ0n) is 13.8. The van der Waals surface area contributed by atoms with Gasteiger partial charge < -0.3 is 10.4 Å². The summed E-state index contributed by atoms with van der Waals surface area (Å²) in [6, 6.07) is -1.09. The van der Waals surface area contributed by atoms with Crippen molar-refractivity contribution in [2.45, 2.75) is 24.5 Å². The minimum absolute atomic E-state index is 0.149. The Labute approximate surface area is 159 Å².